The van der Waals surface area contributed by atoms with E-state index in [0.717, 1.165) is 10.9 Å². The van der Waals surface area contributed by atoms with Crippen LogP contribution in [-0.2, 0) is 6.54 Å². The zero-order valence-corrected chi connectivity index (χ0v) is 21.4. The van der Waals surface area contributed by atoms with E-state index in [4.69, 9.17) is 29.3 Å². The van der Waals surface area contributed by atoms with Crippen LogP contribution in [0.3, 0.4) is 0 Å². The van der Waals surface area contributed by atoms with E-state index >= 15 is 0 Å². The molecular weight excluding hydrogens is 501 g/mol. The van der Waals surface area contributed by atoms with E-state index in [9.17, 15) is 13.2 Å². The SMILES string of the molecule is COc1ccc(CNc2nc3c(OC)cccc3c3nc(C4CCCN(CC(F)(F)F)C4)nn23)c(OC)c1. The molecule has 202 valence electrons. The molecule has 4 aromatic rings. The molecule has 0 aliphatic carbocycles. The van der Waals surface area contributed by atoms with Gasteiger partial charge < -0.3 is 19.5 Å². The molecule has 38 heavy (non-hydrogen) atoms. The van der Waals surface area contributed by atoms with E-state index in [-0.39, 0.29) is 12.5 Å². The first-order valence-corrected chi connectivity index (χ1v) is 12.3. The van der Waals surface area contributed by atoms with Gasteiger partial charge in [0.15, 0.2) is 11.5 Å². The predicted molar refractivity (Wildman–Crippen MR) is 136 cm³/mol. The minimum atomic E-state index is -4.25. The first-order valence-electron chi connectivity index (χ1n) is 12.3. The minimum absolute atomic E-state index is 0.221. The third kappa shape index (κ3) is 5.26. The number of likely N-dealkylation sites (tertiary alicyclic amines) is 1. The number of ether oxygens (including phenoxy) is 3. The molecule has 0 saturated carbocycles. The molecule has 9 nitrogen and oxygen atoms in total. The maximum Gasteiger partial charge on any atom is 0.401 e. The van der Waals surface area contributed by atoms with Gasteiger partial charge in [0.1, 0.15) is 22.8 Å². The van der Waals surface area contributed by atoms with Crippen molar-refractivity contribution in [3.05, 3.63) is 47.8 Å². The average molecular weight is 531 g/mol. The van der Waals surface area contributed by atoms with Crippen molar-refractivity contribution in [2.75, 3.05) is 46.3 Å². The fraction of sp³-hybridized carbons (Fsp3) is 0.423. The monoisotopic (exact) mass is 530 g/mol. The van der Waals surface area contributed by atoms with Gasteiger partial charge in [-0.05, 0) is 43.7 Å². The Morgan fingerprint density at radius 3 is 2.58 bits per heavy atom. The highest BCUT2D eigenvalue weighted by Gasteiger charge is 2.34. The second kappa shape index (κ2) is 10.5. The summed E-state index contributed by atoms with van der Waals surface area (Å²) < 4.78 is 57.1. The largest absolute Gasteiger partial charge is 0.497 e. The number of nitrogens with zero attached hydrogens (tertiary/aromatic N) is 5. The maximum atomic E-state index is 13.0. The Balaban J connectivity index is 1.53. The van der Waals surface area contributed by atoms with Crippen LogP contribution in [0.15, 0.2) is 36.4 Å². The number of hydrogen-bond donors (Lipinski definition) is 1. The van der Waals surface area contributed by atoms with Gasteiger partial charge in [0.05, 0.1) is 27.9 Å². The van der Waals surface area contributed by atoms with Crippen molar-refractivity contribution in [3.8, 4) is 17.2 Å². The molecule has 0 radical (unpaired) electrons. The molecule has 1 aliphatic rings. The van der Waals surface area contributed by atoms with Gasteiger partial charge in [-0.1, -0.05) is 6.07 Å². The van der Waals surface area contributed by atoms with Gasteiger partial charge in [-0.25, -0.2) is 9.97 Å². The summed E-state index contributed by atoms with van der Waals surface area (Å²) >= 11 is 0. The van der Waals surface area contributed by atoms with Crippen LogP contribution < -0.4 is 19.5 Å². The highest BCUT2D eigenvalue weighted by molar-refractivity contribution is 5.96. The van der Waals surface area contributed by atoms with Crippen molar-refractivity contribution in [3.63, 3.8) is 0 Å². The first kappa shape index (κ1) is 25.8. The van der Waals surface area contributed by atoms with Crippen LogP contribution in [0.5, 0.6) is 17.2 Å². The molecule has 5 rings (SSSR count). The van der Waals surface area contributed by atoms with Gasteiger partial charge in [0.25, 0.3) is 0 Å². The third-order valence-corrected chi connectivity index (χ3v) is 6.71. The summed E-state index contributed by atoms with van der Waals surface area (Å²) in [5.41, 5.74) is 2.04. The molecule has 12 heteroatoms. The first-order chi connectivity index (χ1) is 18.3. The number of piperidine rings is 1. The van der Waals surface area contributed by atoms with E-state index in [1.54, 1.807) is 31.9 Å². The molecule has 1 aliphatic heterocycles. The fourth-order valence-corrected chi connectivity index (χ4v) is 4.91. The molecule has 1 fully saturated rings. The number of anilines is 1. The Labute approximate surface area is 217 Å². The molecule has 1 atom stereocenters. The number of aromatic nitrogens is 4. The minimum Gasteiger partial charge on any atom is -0.497 e. The normalized spacial score (nSPS) is 16.6. The second-order valence-electron chi connectivity index (χ2n) is 9.22. The summed E-state index contributed by atoms with van der Waals surface area (Å²) in [6, 6.07) is 11.1. The predicted octanol–water partition coefficient (Wildman–Crippen LogP) is 4.66. The molecule has 0 amide bonds. The summed E-state index contributed by atoms with van der Waals surface area (Å²) in [6.07, 6.45) is -2.89. The Bertz CT molecular complexity index is 1440. The smallest absolute Gasteiger partial charge is 0.401 e. The number of rotatable bonds is 8. The molecule has 3 heterocycles. The van der Waals surface area contributed by atoms with Gasteiger partial charge in [-0.2, -0.15) is 17.7 Å². The van der Waals surface area contributed by atoms with Crippen molar-refractivity contribution < 1.29 is 27.4 Å². The van der Waals surface area contributed by atoms with Crippen LogP contribution in [0.1, 0.15) is 30.1 Å². The molecule has 1 N–H and O–H groups in total. The van der Waals surface area contributed by atoms with Crippen LogP contribution in [0.2, 0.25) is 0 Å². The molecule has 2 aromatic carbocycles. The van der Waals surface area contributed by atoms with Crippen LogP contribution in [0.4, 0.5) is 19.1 Å². The summed E-state index contributed by atoms with van der Waals surface area (Å²) in [4.78, 5) is 11.0. The molecule has 1 unspecified atom stereocenters. The van der Waals surface area contributed by atoms with Crippen LogP contribution in [0, 0.1) is 0 Å². The van der Waals surface area contributed by atoms with E-state index in [1.807, 2.05) is 30.3 Å². The Kier molecular flexibility index (Phi) is 7.15. The standard InChI is InChI=1S/C26H29F3N6O3/c1-36-18-10-9-16(21(12-18)38-3)13-30-25-31-22-19(7-4-8-20(22)37-2)24-32-23(33-35(24)25)17-6-5-11-34(14-17)15-26(27,28)29/h4,7-10,12,17H,5-6,11,13-15H2,1-3H3,(H,30,31). The summed E-state index contributed by atoms with van der Waals surface area (Å²) in [5, 5.41) is 8.80. The number of fused-ring (bicyclic) bond motifs is 3. The van der Waals surface area contributed by atoms with Crippen LogP contribution in [-0.4, -0.2) is 71.6 Å². The van der Waals surface area contributed by atoms with Crippen LogP contribution in [0.25, 0.3) is 16.6 Å². The number of para-hydroxylation sites is 1. The van der Waals surface area contributed by atoms with Crippen molar-refractivity contribution in [1.82, 2.24) is 24.5 Å². The van der Waals surface area contributed by atoms with E-state index in [1.165, 1.54) is 4.90 Å². The fourth-order valence-electron chi connectivity index (χ4n) is 4.91. The highest BCUT2D eigenvalue weighted by atomic mass is 19.4. The average Bonchev–Trinajstić information content (AvgIpc) is 3.36. The van der Waals surface area contributed by atoms with Gasteiger partial charge in [-0.3, -0.25) is 4.90 Å². The van der Waals surface area contributed by atoms with E-state index < -0.39 is 12.7 Å². The van der Waals surface area contributed by atoms with Crippen molar-refractivity contribution in [2.45, 2.75) is 31.5 Å². The Hall–Kier alpha value is -3.80. The summed E-state index contributed by atoms with van der Waals surface area (Å²) in [5.74, 6) is 2.61. The molecule has 1 saturated heterocycles. The number of methoxy groups -OCH3 is 3. The Morgan fingerprint density at radius 2 is 1.84 bits per heavy atom. The highest BCUT2D eigenvalue weighted by Crippen LogP contribution is 2.32. The lowest BCUT2D eigenvalue weighted by atomic mass is 9.97. The lowest BCUT2D eigenvalue weighted by molar-refractivity contribution is -0.148. The zero-order valence-electron chi connectivity index (χ0n) is 21.4. The topological polar surface area (TPSA) is 86.0 Å². The molecule has 2 aromatic heterocycles. The number of halogens is 3. The zero-order chi connectivity index (χ0) is 26.9. The summed E-state index contributed by atoms with van der Waals surface area (Å²) in [7, 11) is 4.75. The number of alkyl halides is 3. The lowest BCUT2D eigenvalue weighted by Crippen LogP contribution is -2.40. The molecule has 0 bridgehead atoms. The number of benzene rings is 2. The van der Waals surface area contributed by atoms with Crippen molar-refractivity contribution >= 4 is 22.5 Å². The third-order valence-electron chi connectivity index (χ3n) is 6.71. The molecule has 0 spiro atoms. The van der Waals surface area contributed by atoms with Crippen molar-refractivity contribution in [2.24, 2.45) is 0 Å². The maximum absolute atomic E-state index is 13.0. The van der Waals surface area contributed by atoms with E-state index in [0.29, 0.717) is 66.1 Å². The van der Waals surface area contributed by atoms with E-state index in [2.05, 4.69) is 5.32 Å². The summed E-state index contributed by atoms with van der Waals surface area (Å²) in [6.45, 7) is 0.0847. The van der Waals surface area contributed by atoms with Gasteiger partial charge in [0, 0.05) is 36.0 Å². The van der Waals surface area contributed by atoms with Crippen LogP contribution >= 0.6 is 0 Å². The lowest BCUT2D eigenvalue weighted by Gasteiger charge is -2.31. The van der Waals surface area contributed by atoms with Crippen molar-refractivity contribution in [1.29, 1.82) is 0 Å². The van der Waals surface area contributed by atoms with Gasteiger partial charge in [0.2, 0.25) is 5.95 Å². The number of hydrogen-bond acceptors (Lipinski definition) is 8. The van der Waals surface area contributed by atoms with Gasteiger partial charge >= 0.3 is 6.18 Å². The number of nitrogens with one attached hydrogen (secondary N) is 1. The molecular formula is C26H29F3N6O3. The van der Waals surface area contributed by atoms with Gasteiger partial charge in [-0.15, -0.1) is 5.10 Å². The Morgan fingerprint density at radius 1 is 1.03 bits per heavy atom. The quantitative estimate of drug-likeness (QED) is 0.352. The second-order valence-corrected chi connectivity index (χ2v) is 9.22.